The fourth-order valence-corrected chi connectivity index (χ4v) is 6.54. The molecule has 11 heteroatoms. The molecular weight excluding hydrogens is 608 g/mol. The van der Waals surface area contributed by atoms with Crippen LogP contribution in [0.15, 0.2) is 65.1 Å². The summed E-state index contributed by atoms with van der Waals surface area (Å²) in [6, 6.07) is 18.5. The smallest absolute Gasteiger partial charge is 0.289 e. The van der Waals surface area contributed by atoms with E-state index in [-0.39, 0.29) is 36.5 Å². The molecular formula is C37H44N6O5. The second-order valence-electron chi connectivity index (χ2n) is 12.8. The second kappa shape index (κ2) is 14.9. The van der Waals surface area contributed by atoms with Crippen LogP contribution in [0.5, 0.6) is 5.75 Å². The molecule has 2 aliphatic rings. The molecule has 2 atom stereocenters. The van der Waals surface area contributed by atoms with Crippen molar-refractivity contribution in [1.82, 2.24) is 29.9 Å². The van der Waals surface area contributed by atoms with E-state index in [1.807, 2.05) is 75.4 Å². The number of carbonyl (C=O) groups is 3. The van der Waals surface area contributed by atoms with Crippen molar-refractivity contribution in [1.29, 1.82) is 0 Å². The van der Waals surface area contributed by atoms with Crippen molar-refractivity contribution in [3.05, 3.63) is 101 Å². The minimum absolute atomic E-state index is 0.0673. The number of fused-ring (bicyclic) bond motifs is 2. The molecule has 3 amide bonds. The standard InChI is InChI=1S/C37H44N6O5/c1-25-14-16-30(17-15-25)47-24-29-23-33(48-26(29)2)37(46)41-18-9-13-34(44)42-19-8-7-12-32(42)36(45)39-31(22-28-10-5-4-6-11-28)35-38-27(3)40-43(35)21-20-41/h4-6,10-11,14-17,23,31-32H,7-9,12-13,18-22,24H2,1-3H3,(H,39,45)/t31-,32+/m1/s1. The van der Waals surface area contributed by atoms with Gasteiger partial charge in [-0.3, -0.25) is 14.4 Å². The highest BCUT2D eigenvalue weighted by Crippen LogP contribution is 2.24. The largest absolute Gasteiger partial charge is 0.489 e. The van der Waals surface area contributed by atoms with Gasteiger partial charge in [0.1, 0.15) is 35.8 Å². The number of hydrogen-bond acceptors (Lipinski definition) is 7. The molecule has 0 spiro atoms. The number of benzene rings is 2. The molecule has 2 aromatic carbocycles. The number of furan rings is 1. The van der Waals surface area contributed by atoms with Gasteiger partial charge in [0, 0.05) is 31.6 Å². The third kappa shape index (κ3) is 7.78. The monoisotopic (exact) mass is 652 g/mol. The minimum atomic E-state index is -0.547. The lowest BCUT2D eigenvalue weighted by atomic mass is 9.99. The molecule has 2 aromatic heterocycles. The van der Waals surface area contributed by atoms with Gasteiger partial charge in [0.15, 0.2) is 5.76 Å². The second-order valence-corrected chi connectivity index (χ2v) is 12.8. The molecule has 48 heavy (non-hydrogen) atoms. The van der Waals surface area contributed by atoms with Crippen LogP contribution < -0.4 is 10.1 Å². The van der Waals surface area contributed by atoms with E-state index in [1.165, 1.54) is 0 Å². The first-order chi connectivity index (χ1) is 23.2. The third-order valence-corrected chi connectivity index (χ3v) is 9.18. The van der Waals surface area contributed by atoms with Crippen LogP contribution in [-0.4, -0.2) is 68.0 Å². The maximum Gasteiger partial charge on any atom is 0.289 e. The predicted octanol–water partition coefficient (Wildman–Crippen LogP) is 5.09. The highest BCUT2D eigenvalue weighted by atomic mass is 16.5. The summed E-state index contributed by atoms with van der Waals surface area (Å²) < 4.78 is 13.7. The fraction of sp³-hybridized carbons (Fsp3) is 0.432. The van der Waals surface area contributed by atoms with Gasteiger partial charge in [-0.1, -0.05) is 48.0 Å². The summed E-state index contributed by atoms with van der Waals surface area (Å²) in [6.07, 6.45) is 3.55. The van der Waals surface area contributed by atoms with Crippen molar-refractivity contribution in [3.63, 3.8) is 0 Å². The predicted molar refractivity (Wildman–Crippen MR) is 179 cm³/mol. The topological polar surface area (TPSA) is 123 Å². The van der Waals surface area contributed by atoms with Gasteiger partial charge >= 0.3 is 0 Å². The number of amides is 3. The zero-order valence-corrected chi connectivity index (χ0v) is 28.0. The maximum atomic E-state index is 14.0. The normalized spacial score (nSPS) is 19.2. The fourth-order valence-electron chi connectivity index (χ4n) is 6.54. The van der Waals surface area contributed by atoms with E-state index in [9.17, 15) is 14.4 Å². The number of aromatic nitrogens is 3. The van der Waals surface area contributed by atoms with Gasteiger partial charge in [0.05, 0.1) is 12.6 Å². The minimum Gasteiger partial charge on any atom is -0.489 e. The lowest BCUT2D eigenvalue weighted by Crippen LogP contribution is -2.53. The molecule has 4 aromatic rings. The molecule has 0 aliphatic carbocycles. The van der Waals surface area contributed by atoms with Gasteiger partial charge in [0.2, 0.25) is 11.8 Å². The van der Waals surface area contributed by atoms with Gasteiger partial charge < -0.3 is 24.3 Å². The third-order valence-electron chi connectivity index (χ3n) is 9.18. The maximum absolute atomic E-state index is 14.0. The Morgan fingerprint density at radius 2 is 1.75 bits per heavy atom. The lowest BCUT2D eigenvalue weighted by molar-refractivity contribution is -0.142. The Morgan fingerprint density at radius 3 is 2.54 bits per heavy atom. The van der Waals surface area contributed by atoms with Gasteiger partial charge in [-0.25, -0.2) is 9.67 Å². The number of ether oxygens (including phenoxy) is 1. The lowest BCUT2D eigenvalue weighted by Gasteiger charge is -2.36. The summed E-state index contributed by atoms with van der Waals surface area (Å²) in [5.41, 5.74) is 2.98. The van der Waals surface area contributed by atoms with Crippen LogP contribution in [0.4, 0.5) is 0 Å². The summed E-state index contributed by atoms with van der Waals surface area (Å²) >= 11 is 0. The van der Waals surface area contributed by atoms with Crippen molar-refractivity contribution in [2.24, 2.45) is 0 Å². The summed E-state index contributed by atoms with van der Waals surface area (Å²) in [4.78, 5) is 49.5. The highest BCUT2D eigenvalue weighted by molar-refractivity contribution is 5.92. The zero-order chi connectivity index (χ0) is 33.6. The Kier molecular flexibility index (Phi) is 10.2. The molecule has 4 heterocycles. The molecule has 0 radical (unpaired) electrons. The van der Waals surface area contributed by atoms with Crippen molar-refractivity contribution < 1.29 is 23.5 Å². The van der Waals surface area contributed by atoms with Crippen LogP contribution >= 0.6 is 0 Å². The quantitative estimate of drug-likeness (QED) is 0.308. The highest BCUT2D eigenvalue weighted by Gasteiger charge is 2.34. The van der Waals surface area contributed by atoms with E-state index in [4.69, 9.17) is 14.1 Å². The van der Waals surface area contributed by atoms with E-state index in [1.54, 1.807) is 20.5 Å². The van der Waals surface area contributed by atoms with E-state index >= 15 is 0 Å². The first-order valence-electron chi connectivity index (χ1n) is 16.9. The Hall–Kier alpha value is -4.93. The van der Waals surface area contributed by atoms with Crippen LogP contribution in [0.25, 0.3) is 0 Å². The van der Waals surface area contributed by atoms with Gasteiger partial charge in [-0.2, -0.15) is 5.10 Å². The Labute approximate surface area is 281 Å². The summed E-state index contributed by atoms with van der Waals surface area (Å²) in [5.74, 6) is 2.28. The summed E-state index contributed by atoms with van der Waals surface area (Å²) in [7, 11) is 0. The van der Waals surface area contributed by atoms with Gasteiger partial charge in [-0.05, 0) is 76.6 Å². The molecule has 2 aliphatic heterocycles. The van der Waals surface area contributed by atoms with Crippen molar-refractivity contribution in [3.8, 4) is 5.75 Å². The van der Waals surface area contributed by atoms with Crippen molar-refractivity contribution >= 4 is 17.7 Å². The Balaban J connectivity index is 1.27. The molecule has 6 rings (SSSR count). The first-order valence-corrected chi connectivity index (χ1v) is 16.9. The molecule has 0 saturated carbocycles. The number of aryl methyl sites for hydroxylation is 3. The van der Waals surface area contributed by atoms with Crippen LogP contribution in [0.3, 0.4) is 0 Å². The molecule has 11 nitrogen and oxygen atoms in total. The van der Waals surface area contributed by atoms with Crippen LogP contribution in [-0.2, 0) is 29.2 Å². The number of nitrogens with one attached hydrogen (secondary N) is 1. The number of hydrogen-bond donors (Lipinski definition) is 1. The average Bonchev–Trinajstić information content (AvgIpc) is 3.66. The van der Waals surface area contributed by atoms with E-state index in [0.29, 0.717) is 62.9 Å². The first kappa shape index (κ1) is 33.0. The molecule has 0 unspecified atom stereocenters. The molecule has 1 saturated heterocycles. The van der Waals surface area contributed by atoms with Gasteiger partial charge in [-0.15, -0.1) is 0 Å². The number of nitrogens with zero attached hydrogens (tertiary/aromatic N) is 5. The molecule has 0 bridgehead atoms. The Morgan fingerprint density at radius 1 is 0.958 bits per heavy atom. The van der Waals surface area contributed by atoms with Crippen LogP contribution in [0.2, 0.25) is 0 Å². The van der Waals surface area contributed by atoms with Crippen molar-refractivity contribution in [2.45, 2.75) is 84.5 Å². The summed E-state index contributed by atoms with van der Waals surface area (Å²) in [5, 5.41) is 7.93. The van der Waals surface area contributed by atoms with Gasteiger partial charge in [0.25, 0.3) is 5.91 Å². The van der Waals surface area contributed by atoms with E-state index in [2.05, 4.69) is 10.4 Å². The number of piperidine rings is 1. The molecule has 1 fully saturated rings. The molecule has 252 valence electrons. The van der Waals surface area contributed by atoms with Crippen LogP contribution in [0, 0.1) is 20.8 Å². The van der Waals surface area contributed by atoms with Crippen LogP contribution in [0.1, 0.15) is 82.8 Å². The number of carbonyl (C=O) groups excluding carboxylic acids is 3. The number of rotatable bonds is 6. The van der Waals surface area contributed by atoms with E-state index < -0.39 is 12.1 Å². The average molecular weight is 653 g/mol. The Bertz CT molecular complexity index is 1730. The summed E-state index contributed by atoms with van der Waals surface area (Å²) in [6.45, 7) is 7.50. The van der Waals surface area contributed by atoms with E-state index in [0.717, 1.165) is 35.3 Å². The SMILES string of the molecule is Cc1ccc(OCc2cc(C(=O)N3CCCC(=O)N4CCCC[C@H]4C(=O)N[C@H](Cc4ccccc4)c4nc(C)nn4CC3)oc2C)cc1. The zero-order valence-electron chi connectivity index (χ0n) is 28.0. The van der Waals surface area contributed by atoms with Crippen molar-refractivity contribution in [2.75, 3.05) is 19.6 Å². The molecule has 1 N–H and O–H groups in total.